The predicted molar refractivity (Wildman–Crippen MR) is 83.4 cm³/mol. The Morgan fingerprint density at radius 2 is 2.05 bits per heavy atom. The number of hydrogen-bond donors (Lipinski definition) is 0. The van der Waals surface area contributed by atoms with Gasteiger partial charge in [-0.15, -0.1) is 0 Å². The second-order valence-corrected chi connectivity index (χ2v) is 5.31. The smallest absolute Gasteiger partial charge is 0.280 e. The zero-order chi connectivity index (χ0) is 15.9. The summed E-state index contributed by atoms with van der Waals surface area (Å²) in [5.41, 5.74) is 1.39. The molecule has 0 atom stereocenters. The van der Waals surface area contributed by atoms with Crippen LogP contribution in [0.4, 0.5) is 10.1 Å². The van der Waals surface area contributed by atoms with Gasteiger partial charge in [-0.3, -0.25) is 4.79 Å². The third-order valence-corrected chi connectivity index (χ3v) is 3.55. The van der Waals surface area contributed by atoms with Crippen molar-refractivity contribution in [3.63, 3.8) is 0 Å². The number of amides is 1. The van der Waals surface area contributed by atoms with E-state index in [1.165, 1.54) is 23.2 Å². The first-order valence-electron chi connectivity index (χ1n) is 6.59. The van der Waals surface area contributed by atoms with Crippen molar-refractivity contribution < 1.29 is 13.6 Å². The number of hydrogen-bond acceptors (Lipinski definition) is 3. The first-order chi connectivity index (χ1) is 10.5. The Labute approximate surface area is 131 Å². The third-order valence-electron chi connectivity index (χ3n) is 3.26. The number of anilines is 1. The Kier molecular flexibility index (Phi) is 3.58. The highest BCUT2D eigenvalue weighted by molar-refractivity contribution is 6.33. The minimum Gasteiger partial charge on any atom is -0.462 e. The SMILES string of the molecule is CC1=NN(c2ccc(F)c(Cl)c2)C(=O)C1=Cc1ccc(C)o1. The summed E-state index contributed by atoms with van der Waals surface area (Å²) in [5.74, 6) is 0.484. The first kappa shape index (κ1) is 14.5. The molecule has 0 radical (unpaired) electrons. The fourth-order valence-corrected chi connectivity index (χ4v) is 2.32. The van der Waals surface area contributed by atoms with Gasteiger partial charge in [-0.2, -0.15) is 10.1 Å². The van der Waals surface area contributed by atoms with Crippen LogP contribution in [0.5, 0.6) is 0 Å². The summed E-state index contributed by atoms with van der Waals surface area (Å²) in [6.45, 7) is 3.55. The van der Waals surface area contributed by atoms with E-state index in [2.05, 4.69) is 5.10 Å². The van der Waals surface area contributed by atoms with Crippen LogP contribution < -0.4 is 5.01 Å². The van der Waals surface area contributed by atoms with E-state index in [1.54, 1.807) is 19.1 Å². The Bertz CT molecular complexity index is 823. The molecule has 0 unspecified atom stereocenters. The lowest BCUT2D eigenvalue weighted by Gasteiger charge is -2.12. The molecule has 3 rings (SSSR count). The molecule has 2 heterocycles. The van der Waals surface area contributed by atoms with Gasteiger partial charge >= 0.3 is 0 Å². The number of carbonyl (C=O) groups is 1. The normalized spacial score (nSPS) is 16.5. The molecule has 2 aromatic rings. The van der Waals surface area contributed by atoms with Crippen molar-refractivity contribution in [2.45, 2.75) is 13.8 Å². The summed E-state index contributed by atoms with van der Waals surface area (Å²) in [7, 11) is 0. The van der Waals surface area contributed by atoms with E-state index in [0.29, 0.717) is 22.7 Å². The molecule has 0 spiro atoms. The maximum atomic E-state index is 13.2. The van der Waals surface area contributed by atoms with Crippen LogP contribution in [0, 0.1) is 12.7 Å². The number of carbonyl (C=O) groups excluding carboxylic acids is 1. The summed E-state index contributed by atoms with van der Waals surface area (Å²) in [5, 5.41) is 5.34. The van der Waals surface area contributed by atoms with Gasteiger partial charge in [-0.1, -0.05) is 11.6 Å². The molecular formula is C16H12ClFN2O2. The van der Waals surface area contributed by atoms with Gasteiger partial charge in [0.15, 0.2) is 0 Å². The van der Waals surface area contributed by atoms with Crippen molar-refractivity contribution in [1.29, 1.82) is 0 Å². The lowest BCUT2D eigenvalue weighted by atomic mass is 10.1. The van der Waals surface area contributed by atoms with Crippen LogP contribution in [0.3, 0.4) is 0 Å². The number of hydrazone groups is 1. The van der Waals surface area contributed by atoms with E-state index in [0.717, 1.165) is 5.76 Å². The van der Waals surface area contributed by atoms with Gasteiger partial charge in [-0.05, 0) is 50.3 Å². The molecule has 0 aliphatic carbocycles. The molecule has 1 amide bonds. The molecule has 0 bridgehead atoms. The number of furan rings is 1. The van der Waals surface area contributed by atoms with Crippen LogP contribution in [0.25, 0.3) is 6.08 Å². The predicted octanol–water partition coefficient (Wildman–Crippen LogP) is 4.19. The number of rotatable bonds is 2. The van der Waals surface area contributed by atoms with E-state index in [-0.39, 0.29) is 10.9 Å². The second-order valence-electron chi connectivity index (χ2n) is 4.91. The van der Waals surface area contributed by atoms with E-state index < -0.39 is 5.82 Å². The van der Waals surface area contributed by atoms with Crippen LogP contribution in [-0.4, -0.2) is 11.6 Å². The van der Waals surface area contributed by atoms with Crippen LogP contribution in [0.15, 0.2) is 45.4 Å². The second kappa shape index (κ2) is 5.42. The maximum Gasteiger partial charge on any atom is 0.280 e. The van der Waals surface area contributed by atoms with Crippen LogP contribution >= 0.6 is 11.6 Å². The zero-order valence-corrected chi connectivity index (χ0v) is 12.7. The molecule has 1 aliphatic heterocycles. The van der Waals surface area contributed by atoms with Crippen LogP contribution in [0.2, 0.25) is 5.02 Å². The van der Waals surface area contributed by atoms with Gasteiger partial charge in [0.1, 0.15) is 17.3 Å². The minimum atomic E-state index is -0.542. The topological polar surface area (TPSA) is 45.8 Å². The van der Waals surface area contributed by atoms with Crippen molar-refractivity contribution in [3.8, 4) is 0 Å². The lowest BCUT2D eigenvalue weighted by Crippen LogP contribution is -2.21. The van der Waals surface area contributed by atoms with Crippen molar-refractivity contribution in [1.82, 2.24) is 0 Å². The van der Waals surface area contributed by atoms with Crippen molar-refractivity contribution in [2.24, 2.45) is 5.10 Å². The molecule has 1 aliphatic rings. The highest BCUT2D eigenvalue weighted by atomic mass is 35.5. The molecule has 0 saturated carbocycles. The van der Waals surface area contributed by atoms with Crippen LogP contribution in [0.1, 0.15) is 18.4 Å². The average molecular weight is 319 g/mol. The van der Waals surface area contributed by atoms with Gasteiger partial charge in [0.05, 0.1) is 22.0 Å². The summed E-state index contributed by atoms with van der Waals surface area (Å²) < 4.78 is 18.7. The molecule has 0 N–H and O–H groups in total. The molecule has 1 aromatic heterocycles. The highest BCUT2D eigenvalue weighted by Gasteiger charge is 2.29. The van der Waals surface area contributed by atoms with Crippen molar-refractivity contribution in [2.75, 3.05) is 5.01 Å². The summed E-state index contributed by atoms with van der Waals surface area (Å²) >= 11 is 5.75. The van der Waals surface area contributed by atoms with E-state index >= 15 is 0 Å². The molecule has 1 aromatic carbocycles. The van der Waals surface area contributed by atoms with Gasteiger partial charge in [0, 0.05) is 0 Å². The number of aryl methyl sites for hydroxylation is 1. The molecular weight excluding hydrogens is 307 g/mol. The summed E-state index contributed by atoms with van der Waals surface area (Å²) in [6.07, 6.45) is 1.64. The molecule has 4 nitrogen and oxygen atoms in total. The van der Waals surface area contributed by atoms with Crippen LogP contribution in [-0.2, 0) is 4.79 Å². The Morgan fingerprint density at radius 1 is 1.27 bits per heavy atom. The average Bonchev–Trinajstić information content (AvgIpc) is 3.00. The number of halogens is 2. The molecule has 112 valence electrons. The lowest BCUT2D eigenvalue weighted by molar-refractivity contribution is -0.114. The van der Waals surface area contributed by atoms with Gasteiger partial charge in [-0.25, -0.2) is 4.39 Å². The van der Waals surface area contributed by atoms with Gasteiger partial charge in [0.25, 0.3) is 5.91 Å². The monoisotopic (exact) mass is 318 g/mol. The number of nitrogens with zero attached hydrogens (tertiary/aromatic N) is 2. The zero-order valence-electron chi connectivity index (χ0n) is 11.9. The summed E-state index contributed by atoms with van der Waals surface area (Å²) in [6, 6.07) is 7.62. The fourth-order valence-electron chi connectivity index (χ4n) is 2.15. The van der Waals surface area contributed by atoms with E-state index in [9.17, 15) is 9.18 Å². The highest BCUT2D eigenvalue weighted by Crippen LogP contribution is 2.28. The van der Waals surface area contributed by atoms with Gasteiger partial charge in [0.2, 0.25) is 0 Å². The Morgan fingerprint density at radius 3 is 2.68 bits per heavy atom. The Hall–Kier alpha value is -2.40. The molecule has 22 heavy (non-hydrogen) atoms. The number of benzene rings is 1. The first-order valence-corrected chi connectivity index (χ1v) is 6.97. The molecule has 0 saturated heterocycles. The van der Waals surface area contributed by atoms with Crippen molar-refractivity contribution >= 4 is 35.0 Å². The molecule has 0 fully saturated rings. The van der Waals surface area contributed by atoms with E-state index in [1.807, 2.05) is 13.0 Å². The standard InChI is InChI=1S/C16H12ClFN2O2/c1-9-3-5-12(22-9)8-13-10(2)19-20(16(13)21)11-4-6-15(18)14(17)7-11/h3-8H,1-2H3. The molecule has 6 heteroatoms. The van der Waals surface area contributed by atoms with E-state index in [4.69, 9.17) is 16.0 Å². The quantitative estimate of drug-likeness (QED) is 0.779. The third kappa shape index (κ3) is 2.55. The summed E-state index contributed by atoms with van der Waals surface area (Å²) in [4.78, 5) is 12.5. The van der Waals surface area contributed by atoms with Gasteiger partial charge < -0.3 is 4.42 Å². The van der Waals surface area contributed by atoms with Crippen molar-refractivity contribution in [3.05, 3.63) is 58.3 Å². The minimum absolute atomic E-state index is 0.0581. The Balaban J connectivity index is 1.96. The fraction of sp³-hybridized carbons (Fsp3) is 0.125. The maximum absolute atomic E-state index is 13.2. The largest absolute Gasteiger partial charge is 0.462 e.